The third-order valence-corrected chi connectivity index (χ3v) is 2.74. The van der Waals surface area contributed by atoms with Crippen molar-refractivity contribution in [1.29, 1.82) is 0 Å². The van der Waals surface area contributed by atoms with Gasteiger partial charge in [0.2, 0.25) is 0 Å². The van der Waals surface area contributed by atoms with Crippen LogP contribution in [0, 0.1) is 11.8 Å². The monoisotopic (exact) mass is 187 g/mol. The van der Waals surface area contributed by atoms with Gasteiger partial charge in [0.1, 0.15) is 0 Å². The van der Waals surface area contributed by atoms with Crippen LogP contribution < -0.4 is 5.32 Å². The molecule has 3 atom stereocenters. The van der Waals surface area contributed by atoms with Crippen LogP contribution in [0.2, 0.25) is 0 Å². The molecule has 2 nitrogen and oxygen atoms in total. The first kappa shape index (κ1) is 12.9. The molecular formula is C11H25NO. The Balaban J connectivity index is 0.000000322. The molecule has 1 aliphatic heterocycles. The Morgan fingerprint density at radius 1 is 1.08 bits per heavy atom. The van der Waals surface area contributed by atoms with Gasteiger partial charge in [-0.3, -0.25) is 0 Å². The maximum Gasteiger partial charge on any atom is 0.0319 e. The maximum atomic E-state index is 7.00. The Bertz CT molecular complexity index is 105. The highest BCUT2D eigenvalue weighted by molar-refractivity contribution is 4.88. The maximum absolute atomic E-state index is 7.00. The van der Waals surface area contributed by atoms with Crippen LogP contribution in [0.25, 0.3) is 0 Å². The summed E-state index contributed by atoms with van der Waals surface area (Å²) in [6.07, 6.45) is 4.37. The molecule has 2 rings (SSSR count). The van der Waals surface area contributed by atoms with Crippen LogP contribution >= 0.6 is 0 Å². The summed E-state index contributed by atoms with van der Waals surface area (Å²) in [6.45, 7) is 7.68. The normalized spacial score (nSPS) is 35.3. The first-order valence-corrected chi connectivity index (χ1v) is 5.52. The lowest BCUT2D eigenvalue weighted by Crippen LogP contribution is -2.23. The highest BCUT2D eigenvalue weighted by Gasteiger charge is 2.31. The molecular weight excluding hydrogens is 162 g/mol. The van der Waals surface area contributed by atoms with Crippen LogP contribution in [-0.2, 0) is 0 Å². The van der Waals surface area contributed by atoms with E-state index in [0.717, 1.165) is 25.0 Å². The van der Waals surface area contributed by atoms with E-state index in [1.165, 1.54) is 25.8 Å². The Morgan fingerprint density at radius 3 is 2.23 bits per heavy atom. The molecule has 80 valence electrons. The minimum absolute atomic E-state index is 0.888. The summed E-state index contributed by atoms with van der Waals surface area (Å²) in [5.41, 5.74) is 0. The number of hydrogen-bond acceptors (Lipinski definition) is 2. The molecule has 1 heterocycles. The van der Waals surface area contributed by atoms with Crippen molar-refractivity contribution >= 4 is 0 Å². The van der Waals surface area contributed by atoms with Crippen molar-refractivity contribution in [3.05, 3.63) is 0 Å². The van der Waals surface area contributed by atoms with Crippen molar-refractivity contribution in [3.63, 3.8) is 0 Å². The summed E-state index contributed by atoms with van der Waals surface area (Å²) in [4.78, 5) is 0. The molecule has 1 aliphatic carbocycles. The zero-order chi connectivity index (χ0) is 10.3. The van der Waals surface area contributed by atoms with Crippen LogP contribution in [0.5, 0.6) is 0 Å². The largest absolute Gasteiger partial charge is 0.400 e. The number of aliphatic hydroxyl groups is 1. The standard InChI is InChI=1S/C8H15N.C2H6.CH4O/c1-6-2-7-4-8(3-6)9-5-7;2*1-2/h6-9H,2-5H2,1H3;1-2H3;2H,1H3. The smallest absolute Gasteiger partial charge is 0.0319 e. The molecule has 2 bridgehead atoms. The van der Waals surface area contributed by atoms with E-state index in [9.17, 15) is 0 Å². The summed E-state index contributed by atoms with van der Waals surface area (Å²) < 4.78 is 0. The average Bonchev–Trinajstić information content (AvgIpc) is 2.52. The first-order chi connectivity index (χ1) is 6.34. The predicted molar refractivity (Wildman–Crippen MR) is 57.8 cm³/mol. The second-order valence-corrected chi connectivity index (χ2v) is 3.78. The van der Waals surface area contributed by atoms with Crippen molar-refractivity contribution in [2.24, 2.45) is 11.8 Å². The Labute approximate surface area is 82.7 Å². The molecule has 2 heteroatoms. The molecule has 2 aliphatic rings. The molecule has 1 saturated carbocycles. The lowest BCUT2D eigenvalue weighted by atomic mass is 9.83. The van der Waals surface area contributed by atoms with E-state index in [-0.39, 0.29) is 0 Å². The van der Waals surface area contributed by atoms with E-state index >= 15 is 0 Å². The summed E-state index contributed by atoms with van der Waals surface area (Å²) in [5, 5.41) is 10.5. The van der Waals surface area contributed by atoms with E-state index in [4.69, 9.17) is 5.11 Å². The number of aliphatic hydroxyl groups excluding tert-OH is 1. The van der Waals surface area contributed by atoms with E-state index in [1.807, 2.05) is 13.8 Å². The molecule has 2 fully saturated rings. The van der Waals surface area contributed by atoms with Gasteiger partial charge in [0, 0.05) is 13.2 Å². The van der Waals surface area contributed by atoms with Gasteiger partial charge in [-0.15, -0.1) is 0 Å². The fourth-order valence-electron chi connectivity index (χ4n) is 2.41. The van der Waals surface area contributed by atoms with Gasteiger partial charge in [0.15, 0.2) is 0 Å². The number of nitrogens with one attached hydrogen (secondary N) is 1. The fourth-order valence-corrected chi connectivity index (χ4v) is 2.41. The van der Waals surface area contributed by atoms with Crippen LogP contribution in [0.1, 0.15) is 40.0 Å². The van der Waals surface area contributed by atoms with Gasteiger partial charge < -0.3 is 10.4 Å². The van der Waals surface area contributed by atoms with E-state index in [0.29, 0.717) is 0 Å². The molecule has 13 heavy (non-hydrogen) atoms. The number of hydrogen-bond donors (Lipinski definition) is 2. The molecule has 0 aromatic rings. The van der Waals surface area contributed by atoms with Crippen molar-refractivity contribution in [1.82, 2.24) is 5.32 Å². The van der Waals surface area contributed by atoms with E-state index in [2.05, 4.69) is 12.2 Å². The Hall–Kier alpha value is -0.0800. The van der Waals surface area contributed by atoms with Gasteiger partial charge in [-0.1, -0.05) is 20.8 Å². The van der Waals surface area contributed by atoms with Gasteiger partial charge in [0.05, 0.1) is 0 Å². The van der Waals surface area contributed by atoms with Crippen molar-refractivity contribution < 1.29 is 5.11 Å². The highest BCUT2D eigenvalue weighted by atomic mass is 16.2. The van der Waals surface area contributed by atoms with Crippen LogP contribution in [0.15, 0.2) is 0 Å². The molecule has 0 amide bonds. The van der Waals surface area contributed by atoms with Gasteiger partial charge in [0.25, 0.3) is 0 Å². The fraction of sp³-hybridized carbons (Fsp3) is 1.00. The first-order valence-electron chi connectivity index (χ1n) is 5.52. The van der Waals surface area contributed by atoms with E-state index in [1.54, 1.807) is 0 Å². The minimum Gasteiger partial charge on any atom is -0.400 e. The second-order valence-electron chi connectivity index (χ2n) is 3.78. The molecule has 2 N–H and O–H groups in total. The quantitative estimate of drug-likeness (QED) is 0.608. The van der Waals surface area contributed by atoms with Crippen molar-refractivity contribution in [3.8, 4) is 0 Å². The van der Waals surface area contributed by atoms with Crippen LogP contribution in [0.4, 0.5) is 0 Å². The third-order valence-electron chi connectivity index (χ3n) is 2.74. The zero-order valence-electron chi connectivity index (χ0n) is 9.51. The number of fused-ring (bicyclic) bond motifs is 2. The van der Waals surface area contributed by atoms with Crippen molar-refractivity contribution in [2.45, 2.75) is 46.1 Å². The lowest BCUT2D eigenvalue weighted by Gasteiger charge is -2.23. The van der Waals surface area contributed by atoms with Gasteiger partial charge in [-0.05, 0) is 37.6 Å². The SMILES string of the molecule is CC.CC1CC2CNC(C1)C2.CO. The van der Waals surface area contributed by atoms with Crippen molar-refractivity contribution in [2.75, 3.05) is 13.7 Å². The van der Waals surface area contributed by atoms with Gasteiger partial charge in [-0.25, -0.2) is 0 Å². The van der Waals surface area contributed by atoms with E-state index < -0.39 is 0 Å². The Morgan fingerprint density at radius 2 is 1.69 bits per heavy atom. The molecule has 0 radical (unpaired) electrons. The molecule has 0 aromatic heterocycles. The average molecular weight is 187 g/mol. The summed E-state index contributed by atoms with van der Waals surface area (Å²) in [5.74, 6) is 2.02. The third kappa shape index (κ3) is 4.10. The molecule has 0 spiro atoms. The zero-order valence-corrected chi connectivity index (χ0v) is 9.51. The summed E-state index contributed by atoms with van der Waals surface area (Å²) >= 11 is 0. The molecule has 0 aromatic carbocycles. The lowest BCUT2D eigenvalue weighted by molar-refractivity contribution is 0.318. The summed E-state index contributed by atoms with van der Waals surface area (Å²) in [6, 6.07) is 0.888. The highest BCUT2D eigenvalue weighted by Crippen LogP contribution is 2.32. The second kappa shape index (κ2) is 7.34. The molecule has 1 saturated heterocycles. The topological polar surface area (TPSA) is 32.3 Å². The number of rotatable bonds is 0. The predicted octanol–water partition coefficient (Wildman–Crippen LogP) is 2.03. The minimum atomic E-state index is 0.888. The summed E-state index contributed by atoms with van der Waals surface area (Å²) in [7, 11) is 1.00. The van der Waals surface area contributed by atoms with Gasteiger partial charge in [-0.2, -0.15) is 0 Å². The van der Waals surface area contributed by atoms with Gasteiger partial charge >= 0.3 is 0 Å². The van der Waals surface area contributed by atoms with Crippen LogP contribution in [0.3, 0.4) is 0 Å². The Kier molecular flexibility index (Phi) is 7.29. The molecule has 3 unspecified atom stereocenters. The van der Waals surface area contributed by atoms with Crippen LogP contribution in [-0.4, -0.2) is 24.8 Å².